The van der Waals surface area contributed by atoms with Crippen molar-refractivity contribution in [1.29, 1.82) is 0 Å². The third kappa shape index (κ3) is 6.62. The summed E-state index contributed by atoms with van der Waals surface area (Å²) in [5.41, 5.74) is 6.15. The lowest BCUT2D eigenvalue weighted by Crippen LogP contribution is -2.40. The van der Waals surface area contributed by atoms with E-state index in [-0.39, 0.29) is 5.54 Å². The molecule has 0 radical (unpaired) electrons. The van der Waals surface area contributed by atoms with Crippen LogP contribution in [0.25, 0.3) is 0 Å². The van der Waals surface area contributed by atoms with Gasteiger partial charge in [0.25, 0.3) is 0 Å². The molecule has 0 aromatic carbocycles. The first-order valence-electron chi connectivity index (χ1n) is 4.77. The van der Waals surface area contributed by atoms with E-state index in [1.807, 2.05) is 0 Å². The van der Waals surface area contributed by atoms with Crippen molar-refractivity contribution in [3.63, 3.8) is 0 Å². The predicted octanol–water partition coefficient (Wildman–Crippen LogP) is 1.70. The molecule has 0 fully saturated rings. The monoisotopic (exact) mass is 172 g/mol. The molecule has 0 bridgehead atoms. The fourth-order valence-corrected chi connectivity index (χ4v) is 1.51. The van der Waals surface area contributed by atoms with E-state index in [0.717, 1.165) is 19.4 Å². The molecule has 0 heterocycles. The zero-order valence-electron chi connectivity index (χ0n) is 9.22. The zero-order chi connectivity index (χ0) is 9.78. The second kappa shape index (κ2) is 4.83. The molecule has 2 nitrogen and oxygen atoms in total. The lowest BCUT2D eigenvalue weighted by Gasteiger charge is -2.28. The average molecular weight is 172 g/mol. The Morgan fingerprint density at radius 3 is 2.17 bits per heavy atom. The lowest BCUT2D eigenvalue weighted by atomic mass is 9.89. The number of nitrogens with two attached hydrogens (primary N) is 1. The van der Waals surface area contributed by atoms with Gasteiger partial charge in [-0.2, -0.15) is 0 Å². The van der Waals surface area contributed by atoms with Gasteiger partial charge in [0.2, 0.25) is 0 Å². The highest BCUT2D eigenvalue weighted by molar-refractivity contribution is 4.80. The fraction of sp³-hybridized carbons (Fsp3) is 1.00. The highest BCUT2D eigenvalue weighted by Crippen LogP contribution is 2.17. The summed E-state index contributed by atoms with van der Waals surface area (Å²) in [6, 6.07) is 0. The molecule has 0 saturated heterocycles. The van der Waals surface area contributed by atoms with Gasteiger partial charge in [-0.1, -0.05) is 13.8 Å². The third-order valence-corrected chi connectivity index (χ3v) is 2.00. The van der Waals surface area contributed by atoms with E-state index in [1.165, 1.54) is 0 Å². The third-order valence-electron chi connectivity index (χ3n) is 2.00. The summed E-state index contributed by atoms with van der Waals surface area (Å²) in [5.74, 6) is 0.696. The standard InChI is InChI=1S/C10H24N2/c1-9(2)8-10(3,11)6-7-12(4)5/h9H,6-8,11H2,1-5H3. The normalized spacial score (nSPS) is 17.0. The van der Waals surface area contributed by atoms with Gasteiger partial charge in [-0.25, -0.2) is 0 Å². The first-order valence-corrected chi connectivity index (χ1v) is 4.77. The molecular formula is C10H24N2. The molecule has 0 spiro atoms. The van der Waals surface area contributed by atoms with Crippen LogP contribution in [0.5, 0.6) is 0 Å². The van der Waals surface area contributed by atoms with Gasteiger partial charge >= 0.3 is 0 Å². The Balaban J connectivity index is 3.71. The number of nitrogens with zero attached hydrogens (tertiary/aromatic N) is 1. The van der Waals surface area contributed by atoms with Crippen molar-refractivity contribution in [3.05, 3.63) is 0 Å². The first kappa shape index (κ1) is 11.9. The molecule has 0 rings (SSSR count). The lowest BCUT2D eigenvalue weighted by molar-refractivity contribution is 0.293. The van der Waals surface area contributed by atoms with Crippen LogP contribution in [-0.4, -0.2) is 31.1 Å². The smallest absolute Gasteiger partial charge is 0.0140 e. The molecular weight excluding hydrogens is 148 g/mol. The quantitative estimate of drug-likeness (QED) is 0.684. The Bertz CT molecular complexity index is 117. The maximum Gasteiger partial charge on any atom is 0.0140 e. The minimum absolute atomic E-state index is 0.0123. The van der Waals surface area contributed by atoms with Gasteiger partial charge in [-0.3, -0.25) is 0 Å². The summed E-state index contributed by atoms with van der Waals surface area (Å²) in [4.78, 5) is 2.19. The summed E-state index contributed by atoms with van der Waals surface area (Å²) < 4.78 is 0. The molecule has 2 heteroatoms. The topological polar surface area (TPSA) is 29.3 Å². The van der Waals surface area contributed by atoms with Crippen molar-refractivity contribution in [2.24, 2.45) is 11.7 Å². The van der Waals surface area contributed by atoms with Gasteiger partial charge in [-0.05, 0) is 46.3 Å². The second-order valence-electron chi connectivity index (χ2n) is 4.81. The Hall–Kier alpha value is -0.0800. The van der Waals surface area contributed by atoms with Crippen LogP contribution in [0.3, 0.4) is 0 Å². The van der Waals surface area contributed by atoms with Gasteiger partial charge in [0, 0.05) is 5.54 Å². The number of hydrogen-bond acceptors (Lipinski definition) is 2. The Labute approximate surface area is 77.1 Å². The molecule has 12 heavy (non-hydrogen) atoms. The molecule has 0 aliphatic carbocycles. The summed E-state index contributed by atoms with van der Waals surface area (Å²) in [6.45, 7) is 7.68. The van der Waals surface area contributed by atoms with E-state index in [0.29, 0.717) is 5.92 Å². The first-order chi connectivity index (χ1) is 5.33. The average Bonchev–Trinajstić information content (AvgIpc) is 1.81. The summed E-state index contributed by atoms with van der Waals surface area (Å²) in [7, 11) is 4.18. The van der Waals surface area contributed by atoms with Gasteiger partial charge in [0.1, 0.15) is 0 Å². The highest BCUT2D eigenvalue weighted by Gasteiger charge is 2.19. The molecule has 1 unspecified atom stereocenters. The van der Waals surface area contributed by atoms with Crippen LogP contribution in [0.4, 0.5) is 0 Å². The zero-order valence-corrected chi connectivity index (χ0v) is 9.22. The van der Waals surface area contributed by atoms with E-state index in [4.69, 9.17) is 5.73 Å². The molecule has 0 aliphatic rings. The van der Waals surface area contributed by atoms with Gasteiger partial charge < -0.3 is 10.6 Å². The summed E-state index contributed by atoms with van der Waals surface area (Å²) in [6.07, 6.45) is 2.19. The van der Waals surface area contributed by atoms with Crippen LogP contribution in [0.2, 0.25) is 0 Å². The molecule has 2 N–H and O–H groups in total. The Morgan fingerprint density at radius 2 is 1.83 bits per heavy atom. The van der Waals surface area contributed by atoms with Crippen molar-refractivity contribution in [2.45, 2.75) is 39.2 Å². The molecule has 0 amide bonds. The van der Waals surface area contributed by atoms with E-state index in [1.54, 1.807) is 0 Å². The molecule has 1 atom stereocenters. The molecule has 0 aromatic heterocycles. The molecule has 0 aromatic rings. The van der Waals surface area contributed by atoms with Crippen LogP contribution in [0, 0.1) is 5.92 Å². The van der Waals surface area contributed by atoms with Gasteiger partial charge in [0.05, 0.1) is 0 Å². The molecule has 0 aliphatic heterocycles. The van der Waals surface area contributed by atoms with Crippen LogP contribution >= 0.6 is 0 Å². The highest BCUT2D eigenvalue weighted by atomic mass is 15.1. The van der Waals surface area contributed by atoms with Gasteiger partial charge in [-0.15, -0.1) is 0 Å². The number of rotatable bonds is 5. The predicted molar refractivity (Wildman–Crippen MR) is 55.2 cm³/mol. The van der Waals surface area contributed by atoms with Gasteiger partial charge in [0.15, 0.2) is 0 Å². The summed E-state index contributed by atoms with van der Waals surface area (Å²) in [5, 5.41) is 0. The van der Waals surface area contributed by atoms with Crippen molar-refractivity contribution in [3.8, 4) is 0 Å². The maximum absolute atomic E-state index is 6.14. The minimum atomic E-state index is 0.0123. The van der Waals surface area contributed by atoms with Crippen molar-refractivity contribution < 1.29 is 0 Å². The Morgan fingerprint density at radius 1 is 1.33 bits per heavy atom. The summed E-state index contributed by atoms with van der Waals surface area (Å²) >= 11 is 0. The van der Waals surface area contributed by atoms with Crippen molar-refractivity contribution in [1.82, 2.24) is 4.90 Å². The molecule has 0 saturated carbocycles. The minimum Gasteiger partial charge on any atom is -0.325 e. The maximum atomic E-state index is 6.14. The second-order valence-corrected chi connectivity index (χ2v) is 4.81. The Kier molecular flexibility index (Phi) is 4.80. The van der Waals surface area contributed by atoms with E-state index >= 15 is 0 Å². The van der Waals surface area contributed by atoms with E-state index in [2.05, 4.69) is 39.8 Å². The van der Waals surface area contributed by atoms with Crippen LogP contribution in [0.1, 0.15) is 33.6 Å². The van der Waals surface area contributed by atoms with Crippen molar-refractivity contribution >= 4 is 0 Å². The number of hydrogen-bond donors (Lipinski definition) is 1. The van der Waals surface area contributed by atoms with E-state index < -0.39 is 0 Å². The SMILES string of the molecule is CC(C)CC(C)(N)CCN(C)C. The largest absolute Gasteiger partial charge is 0.325 e. The van der Waals surface area contributed by atoms with E-state index in [9.17, 15) is 0 Å². The molecule has 74 valence electrons. The van der Waals surface area contributed by atoms with Crippen LogP contribution < -0.4 is 5.73 Å². The van der Waals surface area contributed by atoms with Crippen LogP contribution in [0.15, 0.2) is 0 Å². The van der Waals surface area contributed by atoms with Crippen LogP contribution in [-0.2, 0) is 0 Å². The van der Waals surface area contributed by atoms with Crippen molar-refractivity contribution in [2.75, 3.05) is 20.6 Å². The fourth-order valence-electron chi connectivity index (χ4n) is 1.51.